The maximum Gasteiger partial charge on any atom is 0.311 e. The zero-order valence-electron chi connectivity index (χ0n) is 10.8. The van der Waals surface area contributed by atoms with Gasteiger partial charge in [-0.15, -0.1) is 0 Å². The molecule has 1 heterocycles. The smallest absolute Gasteiger partial charge is 0.311 e. The summed E-state index contributed by atoms with van der Waals surface area (Å²) >= 11 is 1.77. The van der Waals surface area contributed by atoms with Crippen LogP contribution >= 0.6 is 11.8 Å². The number of hydrogen-bond acceptors (Lipinski definition) is 6. The highest BCUT2D eigenvalue weighted by atomic mass is 32.2. The van der Waals surface area contributed by atoms with Crippen molar-refractivity contribution in [2.75, 3.05) is 30.5 Å². The maximum absolute atomic E-state index is 10.9. The Morgan fingerprint density at radius 3 is 2.83 bits per heavy atom. The second-order valence-corrected chi connectivity index (χ2v) is 5.11. The van der Waals surface area contributed by atoms with Gasteiger partial charge in [0.1, 0.15) is 5.82 Å². The fraction of sp³-hybridized carbons (Fsp3) is 0.545. The molecule has 0 saturated carbocycles. The molecule has 0 fully saturated rings. The molecule has 0 amide bonds. The minimum absolute atomic E-state index is 0.00537. The van der Waals surface area contributed by atoms with Crippen LogP contribution in [0.25, 0.3) is 0 Å². The Kier molecular flexibility index (Phi) is 5.70. The Hall–Kier alpha value is -1.50. The first-order valence-corrected chi connectivity index (χ1v) is 6.97. The molecule has 1 rings (SSSR count). The average Bonchev–Trinajstić information content (AvgIpc) is 2.37. The fourth-order valence-electron chi connectivity index (χ4n) is 1.38. The zero-order valence-corrected chi connectivity index (χ0v) is 11.6. The van der Waals surface area contributed by atoms with Crippen molar-refractivity contribution in [2.45, 2.75) is 18.6 Å². The van der Waals surface area contributed by atoms with E-state index in [9.17, 15) is 10.1 Å². The summed E-state index contributed by atoms with van der Waals surface area (Å²) in [5, 5.41) is 17.3. The number of anilines is 2. The standard InChI is InChI=1S/C11H18N4O2S/c1-8(18-3)6-7-13-11-9(15(16)17)4-5-10(12-2)14-11/h4-5,8H,6-7H2,1-3H3,(H2,12,13,14). The molecule has 0 spiro atoms. The van der Waals surface area contributed by atoms with Gasteiger partial charge in [-0.05, 0) is 18.7 Å². The van der Waals surface area contributed by atoms with E-state index in [0.717, 1.165) is 6.42 Å². The van der Waals surface area contributed by atoms with Crippen molar-refractivity contribution in [1.29, 1.82) is 0 Å². The Morgan fingerprint density at radius 1 is 1.56 bits per heavy atom. The van der Waals surface area contributed by atoms with E-state index in [2.05, 4.69) is 22.5 Å². The largest absolute Gasteiger partial charge is 0.373 e. The average molecular weight is 270 g/mol. The van der Waals surface area contributed by atoms with Crippen molar-refractivity contribution in [1.82, 2.24) is 4.98 Å². The molecule has 1 unspecified atom stereocenters. The molecule has 1 aromatic rings. The molecule has 100 valence electrons. The van der Waals surface area contributed by atoms with Gasteiger partial charge in [0.15, 0.2) is 0 Å². The van der Waals surface area contributed by atoms with Crippen LogP contribution in [0.1, 0.15) is 13.3 Å². The molecule has 0 saturated heterocycles. The zero-order chi connectivity index (χ0) is 13.5. The predicted octanol–water partition coefficient (Wildman–Crippen LogP) is 2.59. The maximum atomic E-state index is 10.9. The van der Waals surface area contributed by atoms with Crippen LogP contribution < -0.4 is 10.6 Å². The van der Waals surface area contributed by atoms with Crippen molar-refractivity contribution < 1.29 is 4.92 Å². The van der Waals surface area contributed by atoms with Gasteiger partial charge < -0.3 is 10.6 Å². The van der Waals surface area contributed by atoms with E-state index >= 15 is 0 Å². The highest BCUT2D eigenvalue weighted by molar-refractivity contribution is 7.99. The first-order chi connectivity index (χ1) is 8.58. The third-order valence-electron chi connectivity index (χ3n) is 2.57. The van der Waals surface area contributed by atoms with E-state index in [-0.39, 0.29) is 5.69 Å². The Labute approximate surface area is 111 Å². The Bertz CT molecular complexity index is 414. The number of aromatic nitrogens is 1. The van der Waals surface area contributed by atoms with Crippen LogP contribution in [0.4, 0.5) is 17.3 Å². The third kappa shape index (κ3) is 4.06. The van der Waals surface area contributed by atoms with Crippen molar-refractivity contribution in [3.63, 3.8) is 0 Å². The molecule has 0 aromatic carbocycles. The van der Waals surface area contributed by atoms with Crippen LogP contribution in [0.2, 0.25) is 0 Å². The highest BCUT2D eigenvalue weighted by Gasteiger charge is 2.15. The molecule has 0 radical (unpaired) electrons. The molecule has 6 nitrogen and oxygen atoms in total. The summed E-state index contributed by atoms with van der Waals surface area (Å²) in [6.45, 7) is 2.79. The molecule has 0 aliphatic carbocycles. The summed E-state index contributed by atoms with van der Waals surface area (Å²) in [5.41, 5.74) is 0.00537. The molecule has 1 atom stereocenters. The normalized spacial score (nSPS) is 11.9. The lowest BCUT2D eigenvalue weighted by atomic mass is 10.3. The number of thioether (sulfide) groups is 1. The minimum Gasteiger partial charge on any atom is -0.373 e. The van der Waals surface area contributed by atoms with Gasteiger partial charge in [0.25, 0.3) is 0 Å². The number of rotatable bonds is 7. The Morgan fingerprint density at radius 2 is 2.28 bits per heavy atom. The lowest BCUT2D eigenvalue weighted by Gasteiger charge is -2.10. The molecule has 0 aliphatic rings. The number of nitrogens with one attached hydrogen (secondary N) is 2. The molecular weight excluding hydrogens is 252 g/mol. The van der Waals surface area contributed by atoms with Crippen molar-refractivity contribution in [3.8, 4) is 0 Å². The van der Waals surface area contributed by atoms with Crippen LogP contribution in [0.5, 0.6) is 0 Å². The molecule has 0 aliphatic heterocycles. The summed E-state index contributed by atoms with van der Waals surface area (Å²) < 4.78 is 0. The minimum atomic E-state index is -0.424. The van der Waals surface area contributed by atoms with Gasteiger partial charge in [-0.25, -0.2) is 4.98 Å². The lowest BCUT2D eigenvalue weighted by Crippen LogP contribution is -2.11. The molecule has 7 heteroatoms. The fourth-order valence-corrected chi connectivity index (χ4v) is 1.73. The van der Waals surface area contributed by atoms with Crippen molar-refractivity contribution in [2.24, 2.45) is 0 Å². The molecule has 1 aromatic heterocycles. The van der Waals surface area contributed by atoms with E-state index in [0.29, 0.717) is 23.4 Å². The van der Waals surface area contributed by atoms with Gasteiger partial charge in [0.2, 0.25) is 5.82 Å². The number of nitro groups is 1. The van der Waals surface area contributed by atoms with Crippen molar-refractivity contribution in [3.05, 3.63) is 22.2 Å². The van der Waals surface area contributed by atoms with E-state index in [4.69, 9.17) is 0 Å². The summed E-state index contributed by atoms with van der Waals surface area (Å²) in [5.74, 6) is 0.932. The second kappa shape index (κ2) is 7.05. The summed E-state index contributed by atoms with van der Waals surface area (Å²) in [6.07, 6.45) is 2.98. The molecule has 2 N–H and O–H groups in total. The summed E-state index contributed by atoms with van der Waals surface area (Å²) in [4.78, 5) is 14.6. The van der Waals surface area contributed by atoms with Crippen molar-refractivity contribution >= 4 is 29.1 Å². The first-order valence-electron chi connectivity index (χ1n) is 5.68. The molecular formula is C11H18N4O2S. The van der Waals surface area contributed by atoms with Crippen LogP contribution in [0, 0.1) is 10.1 Å². The Balaban J connectivity index is 2.75. The van der Waals surface area contributed by atoms with Gasteiger partial charge >= 0.3 is 5.69 Å². The quantitative estimate of drug-likeness (QED) is 0.585. The third-order valence-corrected chi connectivity index (χ3v) is 3.61. The molecule has 18 heavy (non-hydrogen) atoms. The number of pyridine rings is 1. The van der Waals surface area contributed by atoms with E-state index < -0.39 is 4.92 Å². The summed E-state index contributed by atoms with van der Waals surface area (Å²) in [7, 11) is 1.73. The second-order valence-electron chi connectivity index (χ2n) is 3.83. The number of nitrogens with zero attached hydrogens (tertiary/aromatic N) is 2. The lowest BCUT2D eigenvalue weighted by molar-refractivity contribution is -0.384. The molecule has 0 bridgehead atoms. The topological polar surface area (TPSA) is 80.1 Å². The van der Waals surface area contributed by atoms with Gasteiger partial charge in [0.05, 0.1) is 4.92 Å². The highest BCUT2D eigenvalue weighted by Crippen LogP contribution is 2.24. The van der Waals surface area contributed by atoms with Gasteiger partial charge in [0, 0.05) is 24.9 Å². The monoisotopic (exact) mass is 270 g/mol. The predicted molar refractivity (Wildman–Crippen MR) is 76.5 cm³/mol. The summed E-state index contributed by atoms with van der Waals surface area (Å²) in [6, 6.07) is 3.05. The van der Waals surface area contributed by atoms with E-state index in [1.807, 2.05) is 6.26 Å². The number of hydrogen-bond donors (Lipinski definition) is 2. The van der Waals surface area contributed by atoms with Crippen LogP contribution in [0.3, 0.4) is 0 Å². The van der Waals surface area contributed by atoms with Gasteiger partial charge in [-0.1, -0.05) is 6.92 Å². The van der Waals surface area contributed by atoms with Crippen LogP contribution in [-0.4, -0.2) is 35.0 Å². The van der Waals surface area contributed by atoms with Gasteiger partial charge in [-0.2, -0.15) is 11.8 Å². The van der Waals surface area contributed by atoms with E-state index in [1.165, 1.54) is 6.07 Å². The first kappa shape index (κ1) is 14.6. The van der Waals surface area contributed by atoms with Gasteiger partial charge in [-0.3, -0.25) is 10.1 Å². The van der Waals surface area contributed by atoms with Crippen LogP contribution in [0.15, 0.2) is 12.1 Å². The van der Waals surface area contributed by atoms with E-state index in [1.54, 1.807) is 24.9 Å². The SMILES string of the molecule is CNc1ccc([N+](=O)[O-])c(NCCC(C)SC)n1. The van der Waals surface area contributed by atoms with Crippen LogP contribution in [-0.2, 0) is 0 Å².